The van der Waals surface area contributed by atoms with Crippen molar-refractivity contribution in [3.63, 3.8) is 0 Å². The standard InChI is InChI=1S/C35H45Cl3F3N3O2/c1-25(2)46-29-8-6-7-26(21-29)22-32(45)44-20-14-33(24-44,27-9-10-30(34(36,37)38)31(23-27)35(39,40)41)13-19-42-17-11-28(12-18-42)43-15-4-3-5-16-43/h6-10,21,23,25,28H,3-5,11-20,22,24H2,1-2H3/t33-/m1/s1. The molecule has 11 heteroatoms. The summed E-state index contributed by atoms with van der Waals surface area (Å²) in [5.74, 6) is 0.647. The maximum atomic E-state index is 14.3. The summed E-state index contributed by atoms with van der Waals surface area (Å²) in [6, 6.07) is 12.2. The summed E-state index contributed by atoms with van der Waals surface area (Å²) in [6.07, 6.45) is 2.75. The largest absolute Gasteiger partial charge is 0.491 e. The zero-order chi connectivity index (χ0) is 33.1. The average Bonchev–Trinajstić information content (AvgIpc) is 3.45. The van der Waals surface area contributed by atoms with Crippen molar-refractivity contribution in [2.45, 2.75) is 92.7 Å². The molecule has 3 fully saturated rings. The molecule has 0 aliphatic carbocycles. The van der Waals surface area contributed by atoms with Gasteiger partial charge in [0.05, 0.1) is 18.1 Å². The zero-order valence-electron chi connectivity index (χ0n) is 26.7. The Balaban J connectivity index is 1.35. The van der Waals surface area contributed by atoms with Crippen molar-refractivity contribution in [1.29, 1.82) is 0 Å². The molecule has 0 aromatic heterocycles. The van der Waals surface area contributed by atoms with Crippen LogP contribution in [0, 0.1) is 0 Å². The first-order valence-corrected chi connectivity index (χ1v) is 17.7. The molecule has 1 amide bonds. The zero-order valence-corrected chi connectivity index (χ0v) is 29.0. The number of carbonyl (C=O) groups excluding carboxylic acids is 1. The van der Waals surface area contributed by atoms with Crippen molar-refractivity contribution in [1.82, 2.24) is 14.7 Å². The van der Waals surface area contributed by atoms with Crippen LogP contribution < -0.4 is 4.74 Å². The number of ether oxygens (including phenoxy) is 1. The van der Waals surface area contributed by atoms with Crippen molar-refractivity contribution in [2.24, 2.45) is 0 Å². The fourth-order valence-corrected chi connectivity index (χ4v) is 7.97. The van der Waals surface area contributed by atoms with Gasteiger partial charge in [0.1, 0.15) is 5.75 Å². The SMILES string of the molecule is CC(C)Oc1cccc(CC(=O)N2CC[C@@](CCN3CCC(N4CCCCC4)CC3)(c3ccc(C(Cl)(Cl)Cl)c(C(F)(F)F)c3)C2)c1. The quantitative estimate of drug-likeness (QED) is 0.246. The second-order valence-corrected chi connectivity index (χ2v) is 15.8. The van der Waals surface area contributed by atoms with Gasteiger partial charge < -0.3 is 19.4 Å². The van der Waals surface area contributed by atoms with Gasteiger partial charge in [0, 0.05) is 30.1 Å². The van der Waals surface area contributed by atoms with E-state index in [0.29, 0.717) is 43.3 Å². The highest BCUT2D eigenvalue weighted by Gasteiger charge is 2.45. The van der Waals surface area contributed by atoms with Crippen molar-refractivity contribution < 1.29 is 22.7 Å². The summed E-state index contributed by atoms with van der Waals surface area (Å²) < 4.78 is 46.6. The van der Waals surface area contributed by atoms with Crippen LogP contribution in [0.1, 0.15) is 81.0 Å². The van der Waals surface area contributed by atoms with Gasteiger partial charge in [0.15, 0.2) is 0 Å². The van der Waals surface area contributed by atoms with E-state index in [1.165, 1.54) is 38.4 Å². The number of benzene rings is 2. The Hall–Kier alpha value is -1.71. The number of hydrogen-bond acceptors (Lipinski definition) is 4. The van der Waals surface area contributed by atoms with Gasteiger partial charge in [0.2, 0.25) is 9.70 Å². The topological polar surface area (TPSA) is 36.0 Å². The summed E-state index contributed by atoms with van der Waals surface area (Å²) in [5, 5.41) is 0. The van der Waals surface area contributed by atoms with E-state index < -0.39 is 26.5 Å². The van der Waals surface area contributed by atoms with Gasteiger partial charge >= 0.3 is 6.18 Å². The highest BCUT2D eigenvalue weighted by atomic mass is 35.6. The monoisotopic (exact) mass is 701 g/mol. The molecule has 3 aliphatic rings. The van der Waals surface area contributed by atoms with Gasteiger partial charge in [0.25, 0.3) is 0 Å². The van der Waals surface area contributed by atoms with Crippen LogP contribution in [0.15, 0.2) is 42.5 Å². The van der Waals surface area contributed by atoms with Crippen LogP contribution in [-0.4, -0.2) is 78.6 Å². The smallest absolute Gasteiger partial charge is 0.416 e. The molecule has 3 heterocycles. The van der Waals surface area contributed by atoms with E-state index in [4.69, 9.17) is 39.5 Å². The lowest BCUT2D eigenvalue weighted by Gasteiger charge is -2.41. The summed E-state index contributed by atoms with van der Waals surface area (Å²) in [4.78, 5) is 20.5. The molecule has 5 nitrogen and oxygen atoms in total. The molecule has 3 saturated heterocycles. The van der Waals surface area contributed by atoms with E-state index in [9.17, 15) is 18.0 Å². The van der Waals surface area contributed by atoms with Crippen LogP contribution in [0.25, 0.3) is 0 Å². The van der Waals surface area contributed by atoms with E-state index in [1.54, 1.807) is 11.0 Å². The summed E-state index contributed by atoms with van der Waals surface area (Å²) >= 11 is 18.0. The van der Waals surface area contributed by atoms with Crippen LogP contribution >= 0.6 is 34.8 Å². The molecular weight excluding hydrogens is 658 g/mol. The number of carbonyl (C=O) groups is 1. The second kappa shape index (κ2) is 14.8. The Labute approximate surface area is 286 Å². The predicted molar refractivity (Wildman–Crippen MR) is 179 cm³/mol. The number of piperidine rings is 2. The third kappa shape index (κ3) is 8.84. The highest BCUT2D eigenvalue weighted by Crippen LogP contribution is 2.48. The van der Waals surface area contributed by atoms with Crippen LogP contribution in [-0.2, 0) is 26.6 Å². The Bertz CT molecular complexity index is 1340. The normalized spacial score (nSPS) is 22.5. The van der Waals surface area contributed by atoms with E-state index in [2.05, 4.69) is 9.80 Å². The lowest BCUT2D eigenvalue weighted by atomic mass is 9.75. The number of alkyl halides is 6. The highest BCUT2D eigenvalue weighted by molar-refractivity contribution is 6.66. The molecule has 0 spiro atoms. The van der Waals surface area contributed by atoms with Crippen LogP contribution in [0.4, 0.5) is 13.2 Å². The summed E-state index contributed by atoms with van der Waals surface area (Å²) in [6.45, 7) is 9.73. The van der Waals surface area contributed by atoms with Crippen LogP contribution in [0.3, 0.4) is 0 Å². The van der Waals surface area contributed by atoms with Crippen molar-refractivity contribution in [3.8, 4) is 5.75 Å². The van der Waals surface area contributed by atoms with Crippen LogP contribution in [0.2, 0.25) is 0 Å². The van der Waals surface area contributed by atoms with Gasteiger partial charge in [-0.15, -0.1) is 0 Å². The number of likely N-dealkylation sites (tertiary alicyclic amines) is 3. The first-order chi connectivity index (χ1) is 21.7. The Morgan fingerprint density at radius 3 is 2.33 bits per heavy atom. The number of hydrogen-bond donors (Lipinski definition) is 0. The summed E-state index contributed by atoms with van der Waals surface area (Å²) in [7, 11) is 0. The Morgan fingerprint density at radius 1 is 0.957 bits per heavy atom. The second-order valence-electron chi connectivity index (χ2n) is 13.5. The number of rotatable bonds is 9. The summed E-state index contributed by atoms with van der Waals surface area (Å²) in [5.41, 5.74) is -0.627. The molecular formula is C35H45Cl3F3N3O2. The molecule has 46 heavy (non-hydrogen) atoms. The predicted octanol–water partition coefficient (Wildman–Crippen LogP) is 8.37. The molecule has 0 radical (unpaired) electrons. The number of amides is 1. The van der Waals surface area contributed by atoms with Gasteiger partial charge in [-0.05, 0) is 114 Å². The van der Waals surface area contributed by atoms with E-state index in [0.717, 1.165) is 44.1 Å². The minimum absolute atomic E-state index is 0.00949. The molecule has 1 atom stereocenters. The van der Waals surface area contributed by atoms with Gasteiger partial charge in [-0.25, -0.2) is 0 Å². The first-order valence-electron chi connectivity index (χ1n) is 16.5. The van der Waals surface area contributed by atoms with Gasteiger partial charge in [-0.3, -0.25) is 4.79 Å². The minimum atomic E-state index is -4.70. The van der Waals surface area contributed by atoms with Gasteiger partial charge in [-0.1, -0.05) is 65.5 Å². The molecule has 0 bridgehead atoms. The number of halogens is 6. The van der Waals surface area contributed by atoms with E-state index in [-0.39, 0.29) is 18.4 Å². The Morgan fingerprint density at radius 2 is 1.67 bits per heavy atom. The van der Waals surface area contributed by atoms with Crippen molar-refractivity contribution in [3.05, 3.63) is 64.7 Å². The maximum absolute atomic E-state index is 14.3. The Kier molecular flexibility index (Phi) is 11.5. The maximum Gasteiger partial charge on any atom is 0.416 e. The molecule has 254 valence electrons. The van der Waals surface area contributed by atoms with E-state index >= 15 is 0 Å². The molecule has 5 rings (SSSR count). The molecule has 0 N–H and O–H groups in total. The molecule has 0 unspecified atom stereocenters. The number of nitrogens with zero attached hydrogens (tertiary/aromatic N) is 3. The fourth-order valence-electron chi connectivity index (χ4n) is 7.48. The molecule has 2 aromatic rings. The molecule has 3 aliphatic heterocycles. The van der Waals surface area contributed by atoms with Crippen molar-refractivity contribution >= 4 is 40.7 Å². The van der Waals surface area contributed by atoms with E-state index in [1.807, 2.05) is 38.1 Å². The third-order valence-corrected chi connectivity index (χ3v) is 10.6. The molecule has 0 saturated carbocycles. The first kappa shape index (κ1) is 35.6. The van der Waals surface area contributed by atoms with Crippen LogP contribution in [0.5, 0.6) is 5.75 Å². The lowest BCUT2D eigenvalue weighted by Crippen LogP contribution is -2.47. The third-order valence-electron chi connectivity index (χ3n) is 9.95. The van der Waals surface area contributed by atoms with Crippen molar-refractivity contribution in [2.75, 3.05) is 45.8 Å². The molecule has 2 aromatic carbocycles. The average molecular weight is 703 g/mol. The lowest BCUT2D eigenvalue weighted by molar-refractivity contribution is -0.138. The fraction of sp³-hybridized carbons (Fsp3) is 0.629. The van der Waals surface area contributed by atoms with Gasteiger partial charge in [-0.2, -0.15) is 13.2 Å². The minimum Gasteiger partial charge on any atom is -0.491 e.